The van der Waals surface area contributed by atoms with E-state index in [2.05, 4.69) is 0 Å². The molecule has 2 aliphatic carbocycles. The van der Waals surface area contributed by atoms with Crippen LogP contribution in [-0.4, -0.2) is 17.4 Å². The van der Waals surface area contributed by atoms with Crippen molar-refractivity contribution in [2.45, 2.75) is 44.6 Å². The Morgan fingerprint density at radius 3 is 2.93 bits per heavy atom. The maximum Gasteiger partial charge on any atom is 0.320 e. The van der Waals surface area contributed by atoms with Crippen molar-refractivity contribution < 1.29 is 14.3 Å². The van der Waals surface area contributed by atoms with E-state index in [4.69, 9.17) is 4.74 Å². The van der Waals surface area contributed by atoms with E-state index in [1.807, 2.05) is 0 Å². The number of ketones is 1. The first kappa shape index (κ1) is 8.45. The second-order valence-corrected chi connectivity index (χ2v) is 5.02. The molecule has 1 saturated heterocycles. The number of carbonyl (C=O) groups is 2. The summed E-state index contributed by atoms with van der Waals surface area (Å²) in [5.41, 5.74) is -1.05. The van der Waals surface area contributed by atoms with Crippen molar-refractivity contribution in [1.82, 2.24) is 0 Å². The van der Waals surface area contributed by atoms with Gasteiger partial charge in [0.05, 0.1) is 0 Å². The Hall–Kier alpha value is -0.860. The van der Waals surface area contributed by atoms with Crippen LogP contribution in [0.4, 0.5) is 0 Å². The van der Waals surface area contributed by atoms with Crippen LogP contribution in [0, 0.1) is 11.3 Å². The molecule has 0 radical (unpaired) electrons. The highest BCUT2D eigenvalue weighted by atomic mass is 16.6. The molecule has 3 atom stereocenters. The molecule has 0 aromatic rings. The molecule has 0 aromatic heterocycles. The van der Waals surface area contributed by atoms with Crippen LogP contribution in [0.3, 0.4) is 0 Å². The van der Waals surface area contributed by atoms with E-state index in [0.717, 1.165) is 25.7 Å². The minimum absolute atomic E-state index is 0.0996. The van der Waals surface area contributed by atoms with Crippen molar-refractivity contribution >= 4 is 11.8 Å². The number of Topliss-reactive ketones (excluding diaryl/α,β-unsaturated/α-hetero) is 1. The van der Waals surface area contributed by atoms with Gasteiger partial charge in [-0.3, -0.25) is 9.59 Å². The molecular formula is C11H14O3. The summed E-state index contributed by atoms with van der Waals surface area (Å²) in [6, 6.07) is 0. The van der Waals surface area contributed by atoms with Crippen LogP contribution in [-0.2, 0) is 14.3 Å². The van der Waals surface area contributed by atoms with Crippen LogP contribution in [0.15, 0.2) is 0 Å². The third-order valence-electron chi connectivity index (χ3n) is 4.50. The monoisotopic (exact) mass is 194 g/mol. The Bertz CT molecular complexity index is 335. The predicted molar refractivity (Wildman–Crippen MR) is 48.5 cm³/mol. The summed E-state index contributed by atoms with van der Waals surface area (Å²) >= 11 is 0. The molecule has 3 aliphatic rings. The Labute approximate surface area is 82.8 Å². The normalized spacial score (nSPS) is 50.5. The summed E-state index contributed by atoms with van der Waals surface area (Å²) < 4.78 is 5.51. The average molecular weight is 194 g/mol. The summed E-state index contributed by atoms with van der Waals surface area (Å²) in [6.07, 6.45) is 4.33. The van der Waals surface area contributed by atoms with E-state index >= 15 is 0 Å². The molecular weight excluding hydrogens is 180 g/mol. The number of ether oxygens (including phenoxy) is 1. The topological polar surface area (TPSA) is 43.4 Å². The predicted octanol–water partition coefficient (Wildman–Crippen LogP) is 1.45. The molecule has 2 saturated carbocycles. The Morgan fingerprint density at radius 1 is 1.36 bits per heavy atom. The zero-order valence-corrected chi connectivity index (χ0v) is 8.34. The summed E-state index contributed by atoms with van der Waals surface area (Å²) in [5, 5.41) is 0. The molecule has 0 aromatic carbocycles. The Kier molecular flexibility index (Phi) is 1.33. The highest BCUT2D eigenvalue weighted by molar-refractivity contribution is 6.06. The van der Waals surface area contributed by atoms with Gasteiger partial charge in [-0.25, -0.2) is 0 Å². The molecule has 0 amide bonds. The van der Waals surface area contributed by atoms with Crippen LogP contribution in [0.25, 0.3) is 0 Å². The molecule has 3 heteroatoms. The van der Waals surface area contributed by atoms with Gasteiger partial charge in [-0.1, -0.05) is 0 Å². The summed E-state index contributed by atoms with van der Waals surface area (Å²) in [5.74, 6) is 0.0102. The minimum Gasteiger partial charge on any atom is -0.458 e. The molecule has 1 aliphatic heterocycles. The minimum atomic E-state index is -0.797. The van der Waals surface area contributed by atoms with Crippen LogP contribution in [0.1, 0.15) is 39.0 Å². The molecule has 3 rings (SSSR count). The molecule has 76 valence electrons. The van der Waals surface area contributed by atoms with Gasteiger partial charge in [0, 0.05) is 12.3 Å². The summed E-state index contributed by atoms with van der Waals surface area (Å²) in [7, 11) is 0. The van der Waals surface area contributed by atoms with Gasteiger partial charge in [0.1, 0.15) is 16.8 Å². The first-order chi connectivity index (χ1) is 6.59. The van der Waals surface area contributed by atoms with E-state index in [1.165, 1.54) is 0 Å². The highest BCUT2D eigenvalue weighted by Crippen LogP contribution is 2.60. The fourth-order valence-electron chi connectivity index (χ4n) is 3.66. The Balaban J connectivity index is 2.15. The fourth-order valence-corrected chi connectivity index (χ4v) is 3.66. The Morgan fingerprint density at radius 2 is 2.14 bits per heavy atom. The summed E-state index contributed by atoms with van der Waals surface area (Å²) in [4.78, 5) is 23.6. The van der Waals surface area contributed by atoms with Gasteiger partial charge in [-0.05, 0) is 32.6 Å². The zero-order valence-electron chi connectivity index (χ0n) is 8.34. The van der Waals surface area contributed by atoms with Gasteiger partial charge in [-0.2, -0.15) is 0 Å². The maximum absolute atomic E-state index is 11.8. The van der Waals surface area contributed by atoms with Crippen molar-refractivity contribution in [2.75, 3.05) is 0 Å². The van der Waals surface area contributed by atoms with Gasteiger partial charge in [0.2, 0.25) is 0 Å². The SMILES string of the molecule is C[C@@]12C(=O)CC[C@]3(CCC[C@H]31)OC2=O. The lowest BCUT2D eigenvalue weighted by molar-refractivity contribution is -0.153. The first-order valence-corrected chi connectivity index (χ1v) is 5.36. The molecule has 3 nitrogen and oxygen atoms in total. The second kappa shape index (κ2) is 2.20. The van der Waals surface area contributed by atoms with E-state index in [1.54, 1.807) is 6.92 Å². The van der Waals surface area contributed by atoms with Gasteiger partial charge in [0.25, 0.3) is 0 Å². The largest absolute Gasteiger partial charge is 0.458 e. The number of hydrogen-bond acceptors (Lipinski definition) is 3. The van der Waals surface area contributed by atoms with Crippen molar-refractivity contribution in [3.63, 3.8) is 0 Å². The molecule has 0 spiro atoms. The average Bonchev–Trinajstić information content (AvgIpc) is 2.61. The lowest BCUT2D eigenvalue weighted by Gasteiger charge is -2.35. The number of esters is 1. The van der Waals surface area contributed by atoms with Gasteiger partial charge in [0.15, 0.2) is 0 Å². The standard InChI is InChI=1S/C11H14O3/c1-10-7-3-2-5-11(7,14-9(10)13)6-4-8(10)12/h7H,2-6H2,1H3/t7-,10-,11-/m0/s1. The first-order valence-electron chi connectivity index (χ1n) is 5.36. The second-order valence-electron chi connectivity index (χ2n) is 5.02. The maximum atomic E-state index is 11.8. The molecule has 3 fully saturated rings. The zero-order chi connectivity index (χ0) is 9.97. The van der Waals surface area contributed by atoms with E-state index < -0.39 is 5.41 Å². The molecule has 0 N–H and O–H groups in total. The number of carbonyl (C=O) groups excluding carboxylic acids is 2. The lowest BCUT2D eigenvalue weighted by atomic mass is 9.63. The van der Waals surface area contributed by atoms with E-state index in [9.17, 15) is 9.59 Å². The van der Waals surface area contributed by atoms with Crippen molar-refractivity contribution in [2.24, 2.45) is 11.3 Å². The highest BCUT2D eigenvalue weighted by Gasteiger charge is 2.69. The van der Waals surface area contributed by atoms with Crippen LogP contribution >= 0.6 is 0 Å². The third kappa shape index (κ3) is 0.677. The van der Waals surface area contributed by atoms with Crippen molar-refractivity contribution in [3.05, 3.63) is 0 Å². The molecule has 14 heavy (non-hydrogen) atoms. The van der Waals surface area contributed by atoms with Crippen molar-refractivity contribution in [1.29, 1.82) is 0 Å². The summed E-state index contributed by atoms with van der Waals surface area (Å²) in [6.45, 7) is 1.79. The van der Waals surface area contributed by atoms with Crippen LogP contribution in [0.2, 0.25) is 0 Å². The van der Waals surface area contributed by atoms with Crippen molar-refractivity contribution in [3.8, 4) is 0 Å². The van der Waals surface area contributed by atoms with Crippen LogP contribution < -0.4 is 0 Å². The smallest absolute Gasteiger partial charge is 0.320 e. The fraction of sp³-hybridized carbons (Fsp3) is 0.818. The third-order valence-corrected chi connectivity index (χ3v) is 4.50. The van der Waals surface area contributed by atoms with E-state index in [-0.39, 0.29) is 23.3 Å². The molecule has 2 bridgehead atoms. The molecule has 0 unspecified atom stereocenters. The van der Waals surface area contributed by atoms with Crippen LogP contribution in [0.5, 0.6) is 0 Å². The van der Waals surface area contributed by atoms with E-state index in [0.29, 0.717) is 6.42 Å². The van der Waals surface area contributed by atoms with Gasteiger partial charge in [-0.15, -0.1) is 0 Å². The number of rotatable bonds is 0. The number of hydrogen-bond donors (Lipinski definition) is 0. The van der Waals surface area contributed by atoms with Gasteiger partial charge < -0.3 is 4.74 Å². The quantitative estimate of drug-likeness (QED) is 0.433. The lowest BCUT2D eigenvalue weighted by Crippen LogP contribution is -2.46. The molecule has 1 heterocycles. The van der Waals surface area contributed by atoms with Gasteiger partial charge >= 0.3 is 5.97 Å².